The van der Waals surface area contributed by atoms with E-state index < -0.39 is 0 Å². The number of thioether (sulfide) groups is 1. The second-order valence-corrected chi connectivity index (χ2v) is 8.20. The number of thiazole rings is 1. The summed E-state index contributed by atoms with van der Waals surface area (Å²) in [5.74, 6) is 0.273. The third-order valence-electron chi connectivity index (χ3n) is 3.29. The highest BCUT2D eigenvalue weighted by Crippen LogP contribution is 2.27. The van der Waals surface area contributed by atoms with Gasteiger partial charge in [-0.3, -0.25) is 4.79 Å². The molecule has 0 aliphatic heterocycles. The summed E-state index contributed by atoms with van der Waals surface area (Å²) in [6.07, 6.45) is 2.38. The number of carbonyl (C=O) groups excluding carboxylic acids is 1. The second-order valence-electron chi connectivity index (χ2n) is 5.19. The number of anilines is 1. The standard InChI is InChI=1S/C18H14Cl2N2OS2/c19-13-6-7-16(20)12(8-13)9-15-10-21-18(25-15)22-17(23)11-24-14-4-2-1-3-5-14/h1-8,10H,9,11H2,(H,21,22,23). The molecule has 3 nitrogen and oxygen atoms in total. The number of rotatable bonds is 6. The van der Waals surface area contributed by atoms with Crippen LogP contribution in [0, 0.1) is 0 Å². The Morgan fingerprint density at radius 1 is 1.16 bits per heavy atom. The van der Waals surface area contributed by atoms with Gasteiger partial charge in [0.05, 0.1) is 5.75 Å². The first-order valence-corrected chi connectivity index (χ1v) is 10.0. The van der Waals surface area contributed by atoms with E-state index in [1.807, 2.05) is 36.4 Å². The van der Waals surface area contributed by atoms with E-state index >= 15 is 0 Å². The van der Waals surface area contributed by atoms with E-state index in [2.05, 4.69) is 10.3 Å². The van der Waals surface area contributed by atoms with Gasteiger partial charge in [0.2, 0.25) is 5.91 Å². The van der Waals surface area contributed by atoms with Gasteiger partial charge >= 0.3 is 0 Å². The zero-order chi connectivity index (χ0) is 17.6. The average Bonchev–Trinajstić information content (AvgIpc) is 3.04. The van der Waals surface area contributed by atoms with Crippen LogP contribution in [0.3, 0.4) is 0 Å². The van der Waals surface area contributed by atoms with E-state index in [9.17, 15) is 4.79 Å². The van der Waals surface area contributed by atoms with Crippen LogP contribution in [0.15, 0.2) is 59.6 Å². The largest absolute Gasteiger partial charge is 0.301 e. The van der Waals surface area contributed by atoms with Crippen molar-refractivity contribution >= 4 is 57.3 Å². The molecular formula is C18H14Cl2N2OS2. The SMILES string of the molecule is O=C(CSc1ccccc1)Nc1ncc(Cc2cc(Cl)ccc2Cl)s1. The topological polar surface area (TPSA) is 42.0 Å². The molecule has 1 aromatic heterocycles. The third-order valence-corrected chi connectivity index (χ3v) is 5.81. The van der Waals surface area contributed by atoms with Crippen LogP contribution >= 0.6 is 46.3 Å². The molecule has 0 aliphatic carbocycles. The average molecular weight is 409 g/mol. The molecule has 128 valence electrons. The highest BCUT2D eigenvalue weighted by Gasteiger charge is 2.09. The molecule has 25 heavy (non-hydrogen) atoms. The van der Waals surface area contributed by atoms with Crippen LogP contribution in [-0.2, 0) is 11.2 Å². The lowest BCUT2D eigenvalue weighted by atomic mass is 10.1. The van der Waals surface area contributed by atoms with Crippen molar-refractivity contribution < 1.29 is 4.79 Å². The highest BCUT2D eigenvalue weighted by molar-refractivity contribution is 8.00. The first-order valence-electron chi connectivity index (χ1n) is 7.46. The van der Waals surface area contributed by atoms with E-state index in [0.29, 0.717) is 27.4 Å². The van der Waals surface area contributed by atoms with Crippen LogP contribution in [0.2, 0.25) is 10.0 Å². The number of halogens is 2. The van der Waals surface area contributed by atoms with Crippen molar-refractivity contribution in [3.8, 4) is 0 Å². The lowest BCUT2D eigenvalue weighted by molar-refractivity contribution is -0.113. The predicted molar refractivity (Wildman–Crippen MR) is 107 cm³/mol. The van der Waals surface area contributed by atoms with Crippen molar-refractivity contribution in [3.05, 3.63) is 75.2 Å². The number of nitrogens with zero attached hydrogens (tertiary/aromatic N) is 1. The number of amides is 1. The summed E-state index contributed by atoms with van der Waals surface area (Å²) in [5, 5.41) is 4.74. The van der Waals surface area contributed by atoms with E-state index in [4.69, 9.17) is 23.2 Å². The van der Waals surface area contributed by atoms with Gasteiger partial charge in [-0.15, -0.1) is 23.1 Å². The van der Waals surface area contributed by atoms with Gasteiger partial charge in [-0.25, -0.2) is 4.98 Å². The van der Waals surface area contributed by atoms with Crippen LogP contribution in [-0.4, -0.2) is 16.6 Å². The number of hydrogen-bond donors (Lipinski definition) is 1. The minimum absolute atomic E-state index is 0.0736. The van der Waals surface area contributed by atoms with E-state index in [0.717, 1.165) is 15.3 Å². The number of hydrogen-bond acceptors (Lipinski definition) is 4. The fraction of sp³-hybridized carbons (Fsp3) is 0.111. The van der Waals surface area contributed by atoms with Crippen molar-refractivity contribution in [2.24, 2.45) is 0 Å². The molecule has 2 aromatic carbocycles. The molecule has 3 rings (SSSR count). The highest BCUT2D eigenvalue weighted by atomic mass is 35.5. The Morgan fingerprint density at radius 2 is 1.96 bits per heavy atom. The van der Waals surface area contributed by atoms with Crippen molar-refractivity contribution in [1.29, 1.82) is 0 Å². The quantitative estimate of drug-likeness (QED) is 0.526. The maximum atomic E-state index is 12.0. The van der Waals surface area contributed by atoms with Gasteiger partial charge in [0.25, 0.3) is 0 Å². The Labute approximate surface area is 164 Å². The van der Waals surface area contributed by atoms with Crippen LogP contribution < -0.4 is 5.32 Å². The van der Waals surface area contributed by atoms with Crippen LogP contribution in [0.4, 0.5) is 5.13 Å². The maximum Gasteiger partial charge on any atom is 0.236 e. The second kappa shape index (κ2) is 8.72. The Kier molecular flexibility index (Phi) is 6.37. The molecule has 1 N–H and O–H groups in total. The monoisotopic (exact) mass is 408 g/mol. The van der Waals surface area contributed by atoms with Gasteiger partial charge < -0.3 is 5.32 Å². The molecule has 3 aromatic rings. The molecule has 0 atom stereocenters. The summed E-state index contributed by atoms with van der Waals surface area (Å²) >= 11 is 15.1. The van der Waals surface area contributed by atoms with Gasteiger partial charge in [0.15, 0.2) is 5.13 Å². The molecule has 0 radical (unpaired) electrons. The summed E-state index contributed by atoms with van der Waals surface area (Å²) in [7, 11) is 0. The van der Waals surface area contributed by atoms with Crippen LogP contribution in [0.1, 0.15) is 10.4 Å². The van der Waals surface area contributed by atoms with Gasteiger partial charge in [0.1, 0.15) is 0 Å². The molecule has 0 unspecified atom stereocenters. The molecular weight excluding hydrogens is 395 g/mol. The Balaban J connectivity index is 1.56. The minimum Gasteiger partial charge on any atom is -0.301 e. The van der Waals surface area contributed by atoms with E-state index in [1.165, 1.54) is 23.1 Å². The summed E-state index contributed by atoms with van der Waals surface area (Å²) in [4.78, 5) is 18.4. The molecule has 0 saturated heterocycles. The fourth-order valence-corrected chi connectivity index (χ4v) is 4.08. The summed E-state index contributed by atoms with van der Waals surface area (Å²) in [6, 6.07) is 15.2. The van der Waals surface area contributed by atoms with E-state index in [-0.39, 0.29) is 5.91 Å². The summed E-state index contributed by atoms with van der Waals surface area (Å²) < 4.78 is 0. The molecule has 7 heteroatoms. The minimum atomic E-state index is -0.0736. The van der Waals surface area contributed by atoms with Gasteiger partial charge in [-0.05, 0) is 35.9 Å². The molecule has 0 bridgehead atoms. The van der Waals surface area contributed by atoms with Gasteiger partial charge in [-0.1, -0.05) is 41.4 Å². The lowest BCUT2D eigenvalue weighted by Crippen LogP contribution is -2.13. The maximum absolute atomic E-state index is 12.0. The van der Waals surface area contributed by atoms with Crippen molar-refractivity contribution in [3.63, 3.8) is 0 Å². The van der Waals surface area contributed by atoms with Crippen LogP contribution in [0.5, 0.6) is 0 Å². The predicted octanol–water partition coefficient (Wildman–Crippen LogP) is 5.77. The number of carbonyl (C=O) groups is 1. The molecule has 1 heterocycles. The molecule has 1 amide bonds. The Hall–Kier alpha value is -1.53. The van der Waals surface area contributed by atoms with Crippen LogP contribution in [0.25, 0.3) is 0 Å². The molecule has 0 saturated carbocycles. The zero-order valence-electron chi connectivity index (χ0n) is 13.0. The van der Waals surface area contributed by atoms with Gasteiger partial charge in [-0.2, -0.15) is 0 Å². The first kappa shape index (κ1) is 18.3. The fourth-order valence-electron chi connectivity index (χ4n) is 2.13. The lowest BCUT2D eigenvalue weighted by Gasteiger charge is -2.03. The zero-order valence-corrected chi connectivity index (χ0v) is 16.2. The summed E-state index contributed by atoms with van der Waals surface area (Å²) in [6.45, 7) is 0. The van der Waals surface area contributed by atoms with Crippen molar-refractivity contribution in [2.75, 3.05) is 11.1 Å². The third kappa shape index (κ3) is 5.47. The number of benzene rings is 2. The molecule has 0 fully saturated rings. The number of nitrogens with one attached hydrogen (secondary N) is 1. The van der Waals surface area contributed by atoms with Gasteiger partial charge in [0, 0.05) is 32.4 Å². The summed E-state index contributed by atoms with van der Waals surface area (Å²) in [5.41, 5.74) is 0.940. The number of aromatic nitrogens is 1. The normalized spacial score (nSPS) is 10.6. The van der Waals surface area contributed by atoms with Crippen molar-refractivity contribution in [1.82, 2.24) is 4.98 Å². The Bertz CT molecular complexity index is 869. The molecule has 0 aliphatic rings. The molecule has 0 spiro atoms. The van der Waals surface area contributed by atoms with Crippen molar-refractivity contribution in [2.45, 2.75) is 11.3 Å². The first-order chi connectivity index (χ1) is 12.1. The van der Waals surface area contributed by atoms with E-state index in [1.54, 1.807) is 18.3 Å². The smallest absolute Gasteiger partial charge is 0.236 e. The Morgan fingerprint density at radius 3 is 2.76 bits per heavy atom.